The summed E-state index contributed by atoms with van der Waals surface area (Å²) in [6.07, 6.45) is 0.00981. The van der Waals surface area contributed by atoms with E-state index in [1.807, 2.05) is 6.92 Å². The Labute approximate surface area is 198 Å². The van der Waals surface area contributed by atoms with Crippen molar-refractivity contribution in [3.8, 4) is 11.3 Å². The first kappa shape index (κ1) is 23.5. The van der Waals surface area contributed by atoms with Crippen LogP contribution in [-0.2, 0) is 35.2 Å². The molecular formula is C23H24F3N5O4. The van der Waals surface area contributed by atoms with Crippen LogP contribution in [-0.4, -0.2) is 51.6 Å². The van der Waals surface area contributed by atoms with Crippen LogP contribution in [0.25, 0.3) is 11.3 Å². The first-order chi connectivity index (χ1) is 16.7. The molecule has 3 aromatic heterocycles. The molecule has 0 radical (unpaired) electrons. The molecule has 1 N–H and O–H groups in total. The number of alkyl halides is 3. The molecule has 1 amide bonds. The van der Waals surface area contributed by atoms with Crippen molar-refractivity contribution in [3.05, 3.63) is 52.6 Å². The Hall–Kier alpha value is -3.25. The van der Waals surface area contributed by atoms with Crippen molar-refractivity contribution in [2.75, 3.05) is 19.8 Å². The fourth-order valence-electron chi connectivity index (χ4n) is 4.38. The summed E-state index contributed by atoms with van der Waals surface area (Å²) in [5.41, 5.74) is 0.366. The van der Waals surface area contributed by atoms with Crippen LogP contribution in [0.3, 0.4) is 0 Å². The summed E-state index contributed by atoms with van der Waals surface area (Å²) in [7, 11) is 0. The highest BCUT2D eigenvalue weighted by molar-refractivity contribution is 5.96. The molecule has 4 heterocycles. The summed E-state index contributed by atoms with van der Waals surface area (Å²) in [6, 6.07) is 0. The number of nitrogens with zero attached hydrogens (tertiary/aromatic N) is 4. The topological polar surface area (TPSA) is 104 Å². The molecule has 2 aliphatic rings. The third-order valence-electron chi connectivity index (χ3n) is 6.04. The van der Waals surface area contributed by atoms with Gasteiger partial charge in [0.05, 0.1) is 44.2 Å². The van der Waals surface area contributed by atoms with Gasteiger partial charge in [0.25, 0.3) is 5.91 Å². The summed E-state index contributed by atoms with van der Waals surface area (Å²) in [5, 5.41) is 6.89. The fourth-order valence-corrected chi connectivity index (χ4v) is 4.38. The van der Waals surface area contributed by atoms with Crippen LogP contribution in [0.15, 0.2) is 23.0 Å². The van der Waals surface area contributed by atoms with Gasteiger partial charge in [0, 0.05) is 30.6 Å². The highest BCUT2D eigenvalue weighted by atomic mass is 19.4. The van der Waals surface area contributed by atoms with Gasteiger partial charge in [0.2, 0.25) is 5.76 Å². The molecule has 1 fully saturated rings. The quantitative estimate of drug-likeness (QED) is 0.584. The van der Waals surface area contributed by atoms with Crippen LogP contribution in [0.1, 0.15) is 51.7 Å². The standard InChI is InChI=1S/C23H24F3N5O4/c1-12-6-27-17(28-7-12)8-29-22(32)21-19(23(24,25)26)18-16(35-21)5-13(2)15-10-31(30-20(15)18)9-14-11-33-3-4-34-14/h6-7,10,13-14H,3-5,8-9,11H2,1-2H3,(H,29,32)/t13?,14-/m0/s1. The van der Waals surface area contributed by atoms with E-state index in [0.717, 1.165) is 5.56 Å². The van der Waals surface area contributed by atoms with Crippen LogP contribution in [0.4, 0.5) is 13.2 Å². The summed E-state index contributed by atoms with van der Waals surface area (Å²) in [4.78, 5) is 20.9. The van der Waals surface area contributed by atoms with Gasteiger partial charge in [-0.3, -0.25) is 9.48 Å². The molecule has 1 aliphatic heterocycles. The van der Waals surface area contributed by atoms with E-state index in [-0.39, 0.29) is 47.8 Å². The lowest BCUT2D eigenvalue weighted by Gasteiger charge is -2.22. The lowest BCUT2D eigenvalue weighted by Crippen LogP contribution is -2.32. The molecule has 1 saturated heterocycles. The van der Waals surface area contributed by atoms with Crippen molar-refractivity contribution in [1.82, 2.24) is 25.1 Å². The molecule has 0 bridgehead atoms. The molecule has 9 nitrogen and oxygen atoms in total. The van der Waals surface area contributed by atoms with Gasteiger partial charge in [-0.25, -0.2) is 9.97 Å². The molecule has 0 spiro atoms. The maximum atomic E-state index is 14.3. The number of fused-ring (bicyclic) bond motifs is 3. The molecule has 1 unspecified atom stereocenters. The maximum Gasteiger partial charge on any atom is 0.420 e. The third-order valence-corrected chi connectivity index (χ3v) is 6.04. The fraction of sp³-hybridized carbons (Fsp3) is 0.478. The summed E-state index contributed by atoms with van der Waals surface area (Å²) in [5.74, 6) is -1.54. The Morgan fingerprint density at radius 1 is 1.26 bits per heavy atom. The molecule has 3 aromatic rings. The van der Waals surface area contributed by atoms with E-state index in [1.54, 1.807) is 30.2 Å². The van der Waals surface area contributed by atoms with E-state index < -0.39 is 23.4 Å². The number of carbonyl (C=O) groups excluding carboxylic acids is 1. The zero-order valence-corrected chi connectivity index (χ0v) is 19.2. The van der Waals surface area contributed by atoms with Gasteiger partial charge >= 0.3 is 6.18 Å². The molecular weight excluding hydrogens is 467 g/mol. The number of nitrogens with one attached hydrogen (secondary N) is 1. The van der Waals surface area contributed by atoms with Gasteiger partial charge in [0.15, 0.2) is 0 Å². The van der Waals surface area contributed by atoms with Gasteiger partial charge < -0.3 is 19.2 Å². The zero-order valence-electron chi connectivity index (χ0n) is 19.2. The van der Waals surface area contributed by atoms with E-state index in [0.29, 0.717) is 31.9 Å². The number of hydrogen-bond acceptors (Lipinski definition) is 7. The lowest BCUT2D eigenvalue weighted by atomic mass is 9.86. The average Bonchev–Trinajstić information content (AvgIpc) is 3.41. The van der Waals surface area contributed by atoms with Crippen molar-refractivity contribution in [1.29, 1.82) is 0 Å². The summed E-state index contributed by atoms with van der Waals surface area (Å²) >= 11 is 0. The monoisotopic (exact) mass is 491 g/mol. The van der Waals surface area contributed by atoms with Crippen LogP contribution in [0.5, 0.6) is 0 Å². The minimum absolute atomic E-state index is 0.0940. The van der Waals surface area contributed by atoms with Crippen molar-refractivity contribution in [2.24, 2.45) is 0 Å². The van der Waals surface area contributed by atoms with E-state index >= 15 is 0 Å². The van der Waals surface area contributed by atoms with Gasteiger partial charge in [0.1, 0.15) is 23.3 Å². The second-order valence-electron chi connectivity index (χ2n) is 8.79. The van der Waals surface area contributed by atoms with Crippen molar-refractivity contribution in [3.63, 3.8) is 0 Å². The molecule has 35 heavy (non-hydrogen) atoms. The largest absolute Gasteiger partial charge is 0.455 e. The van der Waals surface area contributed by atoms with Crippen LogP contribution >= 0.6 is 0 Å². The molecule has 186 valence electrons. The van der Waals surface area contributed by atoms with Crippen LogP contribution < -0.4 is 5.32 Å². The van der Waals surface area contributed by atoms with E-state index in [1.165, 1.54) is 0 Å². The van der Waals surface area contributed by atoms with Crippen LogP contribution in [0.2, 0.25) is 0 Å². The van der Waals surface area contributed by atoms with E-state index in [4.69, 9.17) is 13.9 Å². The number of halogens is 3. The number of aryl methyl sites for hydroxylation is 1. The van der Waals surface area contributed by atoms with Gasteiger partial charge in [-0.15, -0.1) is 0 Å². The average molecular weight is 491 g/mol. The SMILES string of the molecule is Cc1cnc(CNC(=O)c2oc3c(c2C(F)(F)F)-c2nn(C[C@H]4COCCO4)cc2C(C)C3)nc1. The molecule has 1 aliphatic carbocycles. The Bertz CT molecular complexity index is 1230. The molecule has 0 saturated carbocycles. The molecule has 5 rings (SSSR count). The number of furan rings is 1. The van der Waals surface area contributed by atoms with Gasteiger partial charge in [-0.1, -0.05) is 6.92 Å². The highest BCUT2D eigenvalue weighted by Crippen LogP contribution is 2.48. The second-order valence-corrected chi connectivity index (χ2v) is 8.79. The predicted octanol–water partition coefficient (Wildman–Crippen LogP) is 3.27. The Balaban J connectivity index is 1.47. The van der Waals surface area contributed by atoms with E-state index in [2.05, 4.69) is 20.4 Å². The Kier molecular flexibility index (Phi) is 6.09. The summed E-state index contributed by atoms with van der Waals surface area (Å²) < 4.78 is 61.0. The second kappa shape index (κ2) is 9.08. The van der Waals surface area contributed by atoms with Gasteiger partial charge in [-0.2, -0.15) is 18.3 Å². The lowest BCUT2D eigenvalue weighted by molar-refractivity contribution is -0.137. The number of hydrogen-bond donors (Lipinski definition) is 1. The summed E-state index contributed by atoms with van der Waals surface area (Å²) in [6.45, 7) is 5.26. The molecule has 2 atom stereocenters. The number of amides is 1. The number of carbonyl (C=O) groups is 1. The number of aromatic nitrogens is 4. The first-order valence-corrected chi connectivity index (χ1v) is 11.3. The molecule has 12 heteroatoms. The van der Waals surface area contributed by atoms with E-state index in [9.17, 15) is 18.0 Å². The van der Waals surface area contributed by atoms with Crippen LogP contribution in [0, 0.1) is 6.92 Å². The van der Waals surface area contributed by atoms with Crippen molar-refractivity contribution < 1.29 is 31.9 Å². The minimum atomic E-state index is -4.83. The predicted molar refractivity (Wildman–Crippen MR) is 116 cm³/mol. The normalized spacial score (nSPS) is 19.8. The smallest absolute Gasteiger partial charge is 0.420 e. The Morgan fingerprint density at radius 2 is 2.03 bits per heavy atom. The Morgan fingerprint density at radius 3 is 2.71 bits per heavy atom. The van der Waals surface area contributed by atoms with Gasteiger partial charge in [-0.05, 0) is 18.4 Å². The molecule has 0 aromatic carbocycles. The highest BCUT2D eigenvalue weighted by Gasteiger charge is 2.46. The van der Waals surface area contributed by atoms with Crippen molar-refractivity contribution in [2.45, 2.75) is 51.6 Å². The maximum absolute atomic E-state index is 14.3. The number of ether oxygens (including phenoxy) is 2. The number of rotatable bonds is 5. The van der Waals surface area contributed by atoms with Crippen molar-refractivity contribution >= 4 is 5.91 Å². The third kappa shape index (κ3) is 4.67. The first-order valence-electron chi connectivity index (χ1n) is 11.3. The minimum Gasteiger partial charge on any atom is -0.455 e. The zero-order chi connectivity index (χ0) is 24.7.